The van der Waals surface area contributed by atoms with Crippen molar-refractivity contribution >= 4 is 74.1 Å². The molecule has 1 aliphatic rings. The summed E-state index contributed by atoms with van der Waals surface area (Å²) in [6, 6.07) is 18.5. The van der Waals surface area contributed by atoms with Crippen LogP contribution in [0, 0.1) is 0 Å². The molecular weight excluding hydrogens is 549 g/mol. The van der Waals surface area contributed by atoms with Gasteiger partial charge < -0.3 is 4.74 Å². The van der Waals surface area contributed by atoms with E-state index in [9.17, 15) is 14.4 Å². The number of esters is 1. The van der Waals surface area contributed by atoms with Gasteiger partial charge in [0, 0.05) is 9.50 Å². The van der Waals surface area contributed by atoms with Crippen molar-refractivity contribution in [2.75, 3.05) is 0 Å². The van der Waals surface area contributed by atoms with Gasteiger partial charge in [-0.25, -0.2) is 4.79 Å². The van der Waals surface area contributed by atoms with E-state index in [1.165, 1.54) is 17.0 Å². The highest BCUT2D eigenvalue weighted by Crippen LogP contribution is 2.33. The highest BCUT2D eigenvalue weighted by molar-refractivity contribution is 9.10. The molecule has 33 heavy (non-hydrogen) atoms. The van der Waals surface area contributed by atoms with Crippen molar-refractivity contribution in [3.63, 3.8) is 0 Å². The molecule has 0 aromatic heterocycles. The summed E-state index contributed by atoms with van der Waals surface area (Å²) in [6.45, 7) is 0.206. The quantitative estimate of drug-likeness (QED) is 0.187. The van der Waals surface area contributed by atoms with Gasteiger partial charge in [-0.1, -0.05) is 63.4 Å². The van der Waals surface area contributed by atoms with Crippen LogP contribution in [0.5, 0.6) is 5.75 Å². The van der Waals surface area contributed by atoms with Crippen molar-refractivity contribution in [3.8, 4) is 5.75 Å². The van der Waals surface area contributed by atoms with E-state index in [1.807, 2.05) is 24.3 Å². The Kier molecular flexibility index (Phi) is 7.24. The molecule has 0 unspecified atom stereocenters. The minimum atomic E-state index is -0.613. The molecular formula is C24H14BrCl2NO4S. The van der Waals surface area contributed by atoms with Crippen molar-refractivity contribution < 1.29 is 19.1 Å². The van der Waals surface area contributed by atoms with Crippen LogP contribution in [0.25, 0.3) is 6.08 Å². The van der Waals surface area contributed by atoms with Gasteiger partial charge in [0.25, 0.3) is 11.1 Å². The summed E-state index contributed by atoms with van der Waals surface area (Å²) in [6.07, 6.45) is 1.63. The number of thioether (sulfide) groups is 1. The summed E-state index contributed by atoms with van der Waals surface area (Å²) >= 11 is 16.2. The Morgan fingerprint density at radius 3 is 2.36 bits per heavy atom. The molecule has 1 fully saturated rings. The second-order valence-electron chi connectivity index (χ2n) is 6.98. The monoisotopic (exact) mass is 561 g/mol. The minimum absolute atomic E-state index is 0.197. The van der Waals surface area contributed by atoms with E-state index in [0.29, 0.717) is 21.2 Å². The molecule has 2 amide bonds. The Balaban J connectivity index is 1.44. The second-order valence-corrected chi connectivity index (χ2v) is 9.73. The predicted molar refractivity (Wildman–Crippen MR) is 134 cm³/mol. The summed E-state index contributed by atoms with van der Waals surface area (Å²) in [4.78, 5) is 39.0. The van der Waals surface area contributed by atoms with Crippen LogP contribution in [0.1, 0.15) is 21.5 Å². The van der Waals surface area contributed by atoms with E-state index in [2.05, 4.69) is 15.9 Å². The summed E-state index contributed by atoms with van der Waals surface area (Å²) in [5.74, 6) is -0.647. The van der Waals surface area contributed by atoms with Crippen LogP contribution in [-0.4, -0.2) is 22.0 Å². The van der Waals surface area contributed by atoms with Gasteiger partial charge in [0.2, 0.25) is 0 Å². The van der Waals surface area contributed by atoms with Gasteiger partial charge in [-0.3, -0.25) is 14.5 Å². The van der Waals surface area contributed by atoms with Gasteiger partial charge in [0.1, 0.15) is 5.75 Å². The molecule has 1 saturated heterocycles. The maximum Gasteiger partial charge on any atom is 0.345 e. The van der Waals surface area contributed by atoms with Crippen molar-refractivity contribution in [1.82, 2.24) is 4.90 Å². The highest BCUT2D eigenvalue weighted by atomic mass is 79.9. The zero-order chi connectivity index (χ0) is 23.5. The van der Waals surface area contributed by atoms with Crippen LogP contribution in [0.3, 0.4) is 0 Å². The zero-order valence-electron chi connectivity index (χ0n) is 16.8. The molecule has 1 heterocycles. The molecule has 5 nitrogen and oxygen atoms in total. The lowest BCUT2D eigenvalue weighted by Crippen LogP contribution is -2.27. The summed E-state index contributed by atoms with van der Waals surface area (Å²) in [7, 11) is 0. The third-order valence-corrected chi connectivity index (χ3v) is 6.65. The van der Waals surface area contributed by atoms with Gasteiger partial charge in [0.05, 0.1) is 22.0 Å². The number of hydrogen-bond acceptors (Lipinski definition) is 5. The first kappa shape index (κ1) is 23.6. The van der Waals surface area contributed by atoms with E-state index in [-0.39, 0.29) is 28.3 Å². The number of rotatable bonds is 5. The van der Waals surface area contributed by atoms with E-state index < -0.39 is 5.97 Å². The molecule has 0 aliphatic carbocycles. The lowest BCUT2D eigenvalue weighted by molar-refractivity contribution is -0.123. The molecule has 0 bridgehead atoms. The topological polar surface area (TPSA) is 63.7 Å². The molecule has 4 rings (SSSR count). The lowest BCUT2D eigenvalue weighted by Gasteiger charge is -2.12. The fraction of sp³-hybridized carbons (Fsp3) is 0.0417. The largest absolute Gasteiger partial charge is 0.423 e. The number of benzene rings is 3. The van der Waals surface area contributed by atoms with Gasteiger partial charge in [-0.15, -0.1) is 0 Å². The Labute approximate surface area is 212 Å². The highest BCUT2D eigenvalue weighted by Gasteiger charge is 2.34. The summed E-state index contributed by atoms with van der Waals surface area (Å²) < 4.78 is 6.27. The van der Waals surface area contributed by atoms with Crippen molar-refractivity contribution in [3.05, 3.63) is 103 Å². The first-order valence-electron chi connectivity index (χ1n) is 9.57. The molecule has 0 spiro atoms. The van der Waals surface area contributed by atoms with Gasteiger partial charge in [-0.2, -0.15) is 0 Å². The van der Waals surface area contributed by atoms with Crippen LogP contribution >= 0.6 is 50.9 Å². The Hall–Kier alpha value is -2.58. The van der Waals surface area contributed by atoms with Crippen LogP contribution < -0.4 is 4.74 Å². The van der Waals surface area contributed by atoms with Crippen molar-refractivity contribution in [2.45, 2.75) is 6.54 Å². The number of hydrogen-bond donors (Lipinski definition) is 0. The van der Waals surface area contributed by atoms with E-state index in [4.69, 9.17) is 27.9 Å². The second kappa shape index (κ2) is 10.1. The van der Waals surface area contributed by atoms with Crippen LogP contribution in [-0.2, 0) is 11.3 Å². The maximum atomic E-state index is 12.7. The zero-order valence-corrected chi connectivity index (χ0v) is 20.7. The number of nitrogens with zero attached hydrogens (tertiary/aromatic N) is 1. The average Bonchev–Trinajstić information content (AvgIpc) is 3.03. The first-order valence-corrected chi connectivity index (χ1v) is 11.9. The molecule has 3 aromatic rings. The Bertz CT molecular complexity index is 1280. The molecule has 166 valence electrons. The third kappa shape index (κ3) is 5.68. The number of imide groups is 1. The molecule has 0 atom stereocenters. The molecule has 0 saturated carbocycles. The molecule has 0 N–H and O–H groups in total. The van der Waals surface area contributed by atoms with Gasteiger partial charge in [-0.05, 0) is 71.4 Å². The number of amides is 2. The Morgan fingerprint density at radius 2 is 1.70 bits per heavy atom. The van der Waals surface area contributed by atoms with Crippen molar-refractivity contribution in [1.29, 1.82) is 0 Å². The van der Waals surface area contributed by atoms with Crippen LogP contribution in [0.2, 0.25) is 10.0 Å². The average molecular weight is 563 g/mol. The minimum Gasteiger partial charge on any atom is -0.423 e. The summed E-state index contributed by atoms with van der Waals surface area (Å²) in [5, 5.41) is 0.296. The van der Waals surface area contributed by atoms with E-state index in [0.717, 1.165) is 21.8 Å². The number of carbonyl (C=O) groups is 3. The fourth-order valence-corrected chi connectivity index (χ4v) is 4.60. The smallest absolute Gasteiger partial charge is 0.345 e. The van der Waals surface area contributed by atoms with Gasteiger partial charge in [0.15, 0.2) is 0 Å². The predicted octanol–water partition coefficient (Wildman–Crippen LogP) is 7.21. The third-order valence-electron chi connectivity index (χ3n) is 4.67. The van der Waals surface area contributed by atoms with E-state index >= 15 is 0 Å². The molecule has 1 aliphatic heterocycles. The van der Waals surface area contributed by atoms with Gasteiger partial charge >= 0.3 is 5.97 Å². The maximum absolute atomic E-state index is 12.7. The molecule has 0 radical (unpaired) electrons. The van der Waals surface area contributed by atoms with Crippen LogP contribution in [0.4, 0.5) is 4.79 Å². The standard InChI is InChI=1S/C24H14BrCl2NO4S/c25-16-5-1-15(2-6-16)13-28-22(29)21(33-24(28)31)11-14-3-8-18(9-4-14)32-23(30)19-10-7-17(26)12-20(19)27/h1-12H,13H2/b21-11-. The molecule has 3 aromatic carbocycles. The number of carbonyl (C=O) groups excluding carboxylic acids is 3. The Morgan fingerprint density at radius 1 is 1.00 bits per heavy atom. The first-order chi connectivity index (χ1) is 15.8. The summed E-state index contributed by atoms with van der Waals surface area (Å²) in [5.41, 5.74) is 1.74. The number of halogens is 3. The normalized spacial score (nSPS) is 14.8. The van der Waals surface area contributed by atoms with E-state index in [1.54, 1.807) is 36.4 Å². The SMILES string of the molecule is O=C(Oc1ccc(/C=C2\SC(=O)N(Cc3ccc(Br)cc3)C2=O)cc1)c1ccc(Cl)cc1Cl. The van der Waals surface area contributed by atoms with Crippen LogP contribution in [0.15, 0.2) is 76.1 Å². The fourth-order valence-electron chi connectivity index (χ4n) is 3.01. The number of ether oxygens (including phenoxy) is 1. The molecule has 9 heteroatoms. The lowest BCUT2D eigenvalue weighted by atomic mass is 10.2. The van der Waals surface area contributed by atoms with Crippen molar-refractivity contribution in [2.24, 2.45) is 0 Å².